The SMILES string of the molecule is C[C@@H](O)c1ccc(Sc2cnn(C)c2)c(Br)c1. The van der Waals surface area contributed by atoms with Crippen molar-refractivity contribution in [2.45, 2.75) is 22.8 Å². The summed E-state index contributed by atoms with van der Waals surface area (Å²) in [6.45, 7) is 1.76. The average Bonchev–Trinajstić information content (AvgIpc) is 2.67. The molecular weight excluding hydrogens is 300 g/mol. The number of aliphatic hydroxyl groups excluding tert-OH is 1. The van der Waals surface area contributed by atoms with Crippen molar-refractivity contribution in [3.8, 4) is 0 Å². The lowest BCUT2D eigenvalue weighted by atomic mass is 10.1. The van der Waals surface area contributed by atoms with Crippen LogP contribution in [-0.2, 0) is 7.05 Å². The molecule has 0 aliphatic carbocycles. The van der Waals surface area contributed by atoms with Crippen LogP contribution in [0.25, 0.3) is 0 Å². The molecule has 0 unspecified atom stereocenters. The zero-order valence-corrected chi connectivity index (χ0v) is 12.0. The third-order valence-electron chi connectivity index (χ3n) is 2.35. The molecule has 1 atom stereocenters. The average molecular weight is 313 g/mol. The lowest BCUT2D eigenvalue weighted by molar-refractivity contribution is 0.199. The van der Waals surface area contributed by atoms with Crippen LogP contribution in [0.5, 0.6) is 0 Å². The molecule has 3 nitrogen and oxygen atoms in total. The van der Waals surface area contributed by atoms with E-state index >= 15 is 0 Å². The number of benzene rings is 1. The molecule has 0 saturated carbocycles. The molecule has 0 aliphatic rings. The molecule has 0 saturated heterocycles. The van der Waals surface area contributed by atoms with Crippen molar-refractivity contribution in [1.29, 1.82) is 0 Å². The monoisotopic (exact) mass is 312 g/mol. The fraction of sp³-hybridized carbons (Fsp3) is 0.250. The normalized spacial score (nSPS) is 12.7. The van der Waals surface area contributed by atoms with Gasteiger partial charge in [-0.05, 0) is 40.5 Å². The number of aromatic nitrogens is 2. The molecule has 1 N–H and O–H groups in total. The van der Waals surface area contributed by atoms with Gasteiger partial charge in [0.05, 0.1) is 17.2 Å². The standard InChI is InChI=1S/C12H13BrN2OS/c1-8(16)9-3-4-12(11(13)5-9)17-10-6-14-15(2)7-10/h3-8,16H,1-2H3/t8-/m1/s1. The third-order valence-corrected chi connectivity index (χ3v) is 4.29. The highest BCUT2D eigenvalue weighted by Crippen LogP contribution is 2.34. The van der Waals surface area contributed by atoms with Gasteiger partial charge in [-0.15, -0.1) is 0 Å². The van der Waals surface area contributed by atoms with Gasteiger partial charge in [0.15, 0.2) is 0 Å². The molecular formula is C12H13BrN2OS. The maximum absolute atomic E-state index is 9.49. The fourth-order valence-electron chi connectivity index (χ4n) is 1.44. The van der Waals surface area contributed by atoms with Crippen molar-refractivity contribution in [3.05, 3.63) is 40.6 Å². The van der Waals surface area contributed by atoms with E-state index in [1.54, 1.807) is 23.4 Å². The topological polar surface area (TPSA) is 38.1 Å². The first kappa shape index (κ1) is 12.7. The Balaban J connectivity index is 2.22. The highest BCUT2D eigenvalue weighted by Gasteiger charge is 2.07. The predicted molar refractivity (Wildman–Crippen MR) is 72.1 cm³/mol. The first-order valence-electron chi connectivity index (χ1n) is 5.20. The molecule has 0 fully saturated rings. The molecule has 90 valence electrons. The van der Waals surface area contributed by atoms with Crippen molar-refractivity contribution >= 4 is 27.7 Å². The number of aliphatic hydroxyl groups is 1. The molecule has 0 spiro atoms. The van der Waals surface area contributed by atoms with Crippen LogP contribution in [0.2, 0.25) is 0 Å². The van der Waals surface area contributed by atoms with Gasteiger partial charge in [-0.2, -0.15) is 5.10 Å². The quantitative estimate of drug-likeness (QED) is 0.944. The summed E-state index contributed by atoms with van der Waals surface area (Å²) in [5.41, 5.74) is 0.910. The highest BCUT2D eigenvalue weighted by molar-refractivity contribution is 9.10. The first-order chi connectivity index (χ1) is 8.06. The lowest BCUT2D eigenvalue weighted by Crippen LogP contribution is -1.90. The molecule has 2 rings (SSSR count). The van der Waals surface area contributed by atoms with Crippen LogP contribution < -0.4 is 0 Å². The van der Waals surface area contributed by atoms with Gasteiger partial charge < -0.3 is 5.11 Å². The van der Waals surface area contributed by atoms with Gasteiger partial charge in [0.1, 0.15) is 0 Å². The second kappa shape index (κ2) is 5.25. The van der Waals surface area contributed by atoms with Gasteiger partial charge in [0.2, 0.25) is 0 Å². The van der Waals surface area contributed by atoms with Crippen molar-refractivity contribution < 1.29 is 5.11 Å². The van der Waals surface area contributed by atoms with Gasteiger partial charge in [-0.3, -0.25) is 4.68 Å². The summed E-state index contributed by atoms with van der Waals surface area (Å²) in [5, 5.41) is 13.6. The van der Waals surface area contributed by atoms with Gasteiger partial charge >= 0.3 is 0 Å². The third kappa shape index (κ3) is 3.12. The largest absolute Gasteiger partial charge is 0.389 e. The minimum Gasteiger partial charge on any atom is -0.389 e. The Morgan fingerprint density at radius 1 is 1.47 bits per heavy atom. The van der Waals surface area contributed by atoms with Crippen LogP contribution in [0.1, 0.15) is 18.6 Å². The summed E-state index contributed by atoms with van der Waals surface area (Å²) in [6, 6.07) is 5.89. The van der Waals surface area contributed by atoms with Crippen molar-refractivity contribution in [1.82, 2.24) is 9.78 Å². The van der Waals surface area contributed by atoms with Crippen molar-refractivity contribution in [2.75, 3.05) is 0 Å². The molecule has 5 heteroatoms. The van der Waals surface area contributed by atoms with E-state index in [1.165, 1.54) is 0 Å². The number of hydrogen-bond donors (Lipinski definition) is 1. The van der Waals surface area contributed by atoms with Crippen molar-refractivity contribution in [3.63, 3.8) is 0 Å². The maximum Gasteiger partial charge on any atom is 0.0762 e. The summed E-state index contributed by atoms with van der Waals surface area (Å²) in [7, 11) is 1.90. The van der Waals surface area contributed by atoms with E-state index in [9.17, 15) is 5.11 Å². The van der Waals surface area contributed by atoms with E-state index in [0.717, 1.165) is 19.8 Å². The molecule has 2 aromatic rings. The summed E-state index contributed by atoms with van der Waals surface area (Å²) in [5.74, 6) is 0. The summed E-state index contributed by atoms with van der Waals surface area (Å²) < 4.78 is 2.77. The van der Waals surface area contributed by atoms with E-state index in [0.29, 0.717) is 0 Å². The van der Waals surface area contributed by atoms with E-state index in [1.807, 2.05) is 37.6 Å². The van der Waals surface area contributed by atoms with Gasteiger partial charge in [-0.1, -0.05) is 17.8 Å². The fourth-order valence-corrected chi connectivity index (χ4v) is 2.93. The number of halogens is 1. The summed E-state index contributed by atoms with van der Waals surface area (Å²) in [4.78, 5) is 2.21. The zero-order chi connectivity index (χ0) is 12.4. The van der Waals surface area contributed by atoms with E-state index in [-0.39, 0.29) is 0 Å². The Kier molecular flexibility index (Phi) is 3.91. The molecule has 0 bridgehead atoms. The van der Waals surface area contributed by atoms with Gasteiger partial charge in [0, 0.05) is 22.6 Å². The second-order valence-corrected chi connectivity index (χ2v) is 5.79. The molecule has 0 aliphatic heterocycles. The number of aryl methyl sites for hydroxylation is 1. The van der Waals surface area contributed by atoms with Crippen LogP contribution in [0.3, 0.4) is 0 Å². The predicted octanol–water partition coefficient (Wildman–Crippen LogP) is 3.39. The number of rotatable bonds is 3. The summed E-state index contributed by atoms with van der Waals surface area (Å²) >= 11 is 5.16. The Bertz CT molecular complexity index is 525. The van der Waals surface area contributed by atoms with Crippen molar-refractivity contribution in [2.24, 2.45) is 7.05 Å². The van der Waals surface area contributed by atoms with Crippen LogP contribution >= 0.6 is 27.7 Å². The molecule has 1 heterocycles. The van der Waals surface area contributed by atoms with Crippen LogP contribution in [0, 0.1) is 0 Å². The molecule has 0 radical (unpaired) electrons. The Labute approximate surface area is 113 Å². The number of hydrogen-bond acceptors (Lipinski definition) is 3. The van der Waals surface area contributed by atoms with Crippen LogP contribution in [0.4, 0.5) is 0 Å². The first-order valence-corrected chi connectivity index (χ1v) is 6.81. The molecule has 1 aromatic carbocycles. The van der Waals surface area contributed by atoms with Crippen LogP contribution in [-0.4, -0.2) is 14.9 Å². The second-order valence-electron chi connectivity index (χ2n) is 3.82. The molecule has 17 heavy (non-hydrogen) atoms. The Hall–Kier alpha value is -0.780. The Morgan fingerprint density at radius 2 is 2.24 bits per heavy atom. The zero-order valence-electron chi connectivity index (χ0n) is 9.59. The molecule has 0 amide bonds. The minimum absolute atomic E-state index is 0.441. The maximum atomic E-state index is 9.49. The smallest absolute Gasteiger partial charge is 0.0762 e. The van der Waals surface area contributed by atoms with Gasteiger partial charge in [-0.25, -0.2) is 0 Å². The van der Waals surface area contributed by atoms with E-state index in [2.05, 4.69) is 21.0 Å². The lowest BCUT2D eigenvalue weighted by Gasteiger charge is -2.08. The van der Waals surface area contributed by atoms with Gasteiger partial charge in [0.25, 0.3) is 0 Å². The summed E-state index contributed by atoms with van der Waals surface area (Å²) in [6.07, 6.45) is 3.36. The van der Waals surface area contributed by atoms with Crippen LogP contribution in [0.15, 0.2) is 44.9 Å². The highest BCUT2D eigenvalue weighted by atomic mass is 79.9. The minimum atomic E-state index is -0.441. The number of nitrogens with zero attached hydrogens (tertiary/aromatic N) is 2. The molecule has 1 aromatic heterocycles. The Morgan fingerprint density at radius 3 is 2.76 bits per heavy atom. The van der Waals surface area contributed by atoms with E-state index in [4.69, 9.17) is 0 Å². The van der Waals surface area contributed by atoms with E-state index < -0.39 is 6.10 Å².